The van der Waals surface area contributed by atoms with Gasteiger partial charge in [0.15, 0.2) is 0 Å². The second-order valence-electron chi connectivity index (χ2n) is 8.62. The lowest BCUT2D eigenvalue weighted by Crippen LogP contribution is -2.37. The Balaban J connectivity index is 0. The predicted octanol–water partition coefficient (Wildman–Crippen LogP) is 6.05. The molecule has 0 bridgehead atoms. The zero-order chi connectivity index (χ0) is 18.8. The third-order valence-corrected chi connectivity index (χ3v) is 5.55. The van der Waals surface area contributed by atoms with Crippen molar-refractivity contribution in [3.63, 3.8) is 0 Å². The highest BCUT2D eigenvalue weighted by atomic mass is 16.3. The van der Waals surface area contributed by atoms with Gasteiger partial charge in [-0.15, -0.1) is 0 Å². The first-order chi connectivity index (χ1) is 10.5. The summed E-state index contributed by atoms with van der Waals surface area (Å²) in [5.74, 6) is 1.24. The van der Waals surface area contributed by atoms with Crippen molar-refractivity contribution in [3.8, 4) is 0 Å². The molecule has 0 aromatic heterocycles. The van der Waals surface area contributed by atoms with E-state index in [2.05, 4.69) is 55.4 Å². The second-order valence-corrected chi connectivity index (χ2v) is 8.62. The summed E-state index contributed by atoms with van der Waals surface area (Å²) in [5, 5.41) is 19.2. The van der Waals surface area contributed by atoms with Crippen molar-refractivity contribution in [1.82, 2.24) is 0 Å². The van der Waals surface area contributed by atoms with E-state index in [1.807, 2.05) is 13.8 Å². The van der Waals surface area contributed by atoms with E-state index < -0.39 is 0 Å². The highest BCUT2D eigenvalue weighted by Gasteiger charge is 2.49. The van der Waals surface area contributed by atoms with Gasteiger partial charge in [-0.2, -0.15) is 0 Å². The zero-order valence-electron chi connectivity index (χ0n) is 17.7. The quantitative estimate of drug-likeness (QED) is 0.644. The van der Waals surface area contributed by atoms with Gasteiger partial charge in [-0.25, -0.2) is 0 Å². The molecule has 2 heteroatoms. The van der Waals surface area contributed by atoms with Crippen LogP contribution < -0.4 is 0 Å². The molecule has 2 nitrogen and oxygen atoms in total. The van der Waals surface area contributed by atoms with Crippen LogP contribution in [0.2, 0.25) is 0 Å². The molecule has 0 spiro atoms. The largest absolute Gasteiger partial charge is 0.393 e. The van der Waals surface area contributed by atoms with E-state index in [0.29, 0.717) is 17.3 Å². The van der Waals surface area contributed by atoms with Gasteiger partial charge in [0.05, 0.1) is 12.2 Å². The molecule has 0 aromatic carbocycles. The van der Waals surface area contributed by atoms with Crippen molar-refractivity contribution in [2.45, 2.75) is 114 Å². The summed E-state index contributed by atoms with van der Waals surface area (Å²) in [7, 11) is 0. The van der Waals surface area contributed by atoms with Gasteiger partial charge in [-0.05, 0) is 54.8 Å². The number of hydrogen-bond acceptors (Lipinski definition) is 2. The normalized spacial score (nSPS) is 26.0. The van der Waals surface area contributed by atoms with E-state index in [9.17, 15) is 10.2 Å². The molecule has 1 fully saturated rings. The van der Waals surface area contributed by atoms with E-state index >= 15 is 0 Å². The van der Waals surface area contributed by atoms with E-state index in [1.165, 1.54) is 6.42 Å². The highest BCUT2D eigenvalue weighted by molar-refractivity contribution is 4.99. The summed E-state index contributed by atoms with van der Waals surface area (Å²) >= 11 is 0. The minimum atomic E-state index is -0.0833. The number of aliphatic hydroxyl groups excluding tert-OH is 2. The van der Waals surface area contributed by atoms with Gasteiger partial charge < -0.3 is 10.2 Å². The van der Waals surface area contributed by atoms with Crippen LogP contribution in [-0.4, -0.2) is 22.4 Å². The summed E-state index contributed by atoms with van der Waals surface area (Å²) < 4.78 is 0. The smallest absolute Gasteiger partial charge is 0.0599 e. The molecule has 0 heterocycles. The molecular weight excluding hydrogens is 284 g/mol. The minimum Gasteiger partial charge on any atom is -0.393 e. The molecule has 2 atom stereocenters. The standard InChI is InChI=1S/C10H20O.C9H20O.C2H6/c1-5-10(4)8(11)6-7-9(10,2)3;1-7(2)5-9(10)6-8(3)4;1-2/h8,11H,5-7H2,1-4H3;7-10H,5-6H2,1-4H3;1-2H3. The fourth-order valence-corrected chi connectivity index (χ4v) is 3.45. The van der Waals surface area contributed by atoms with Crippen molar-refractivity contribution < 1.29 is 10.2 Å². The molecule has 0 radical (unpaired) electrons. The first-order valence-corrected chi connectivity index (χ1v) is 9.82. The Labute approximate surface area is 147 Å². The maximum atomic E-state index is 9.78. The van der Waals surface area contributed by atoms with Crippen molar-refractivity contribution in [2.24, 2.45) is 22.7 Å². The Hall–Kier alpha value is -0.0800. The molecule has 23 heavy (non-hydrogen) atoms. The van der Waals surface area contributed by atoms with Crippen molar-refractivity contribution in [3.05, 3.63) is 0 Å². The fourth-order valence-electron chi connectivity index (χ4n) is 3.45. The maximum Gasteiger partial charge on any atom is 0.0599 e. The van der Waals surface area contributed by atoms with Crippen LogP contribution in [0.5, 0.6) is 0 Å². The molecule has 1 aliphatic rings. The van der Waals surface area contributed by atoms with Crippen molar-refractivity contribution in [2.75, 3.05) is 0 Å². The average molecular weight is 331 g/mol. The number of rotatable bonds is 5. The van der Waals surface area contributed by atoms with Crippen LogP contribution in [0.15, 0.2) is 0 Å². The second kappa shape index (κ2) is 11.5. The van der Waals surface area contributed by atoms with Gasteiger partial charge in [0, 0.05) is 0 Å². The first-order valence-electron chi connectivity index (χ1n) is 9.82. The Kier molecular flexibility index (Phi) is 12.5. The Morgan fingerprint density at radius 1 is 0.957 bits per heavy atom. The first kappa shape index (κ1) is 25.2. The molecule has 142 valence electrons. The molecule has 0 aliphatic heterocycles. The molecule has 2 unspecified atom stereocenters. The van der Waals surface area contributed by atoms with Crippen LogP contribution in [-0.2, 0) is 0 Å². The Morgan fingerprint density at radius 2 is 1.35 bits per heavy atom. The van der Waals surface area contributed by atoms with Crippen molar-refractivity contribution >= 4 is 0 Å². The third kappa shape index (κ3) is 8.54. The van der Waals surface area contributed by atoms with Crippen LogP contribution in [0, 0.1) is 22.7 Å². The SMILES string of the molecule is CC.CC(C)CC(O)CC(C)C.CCC1(C)C(O)CCC1(C)C. The van der Waals surface area contributed by atoms with E-state index in [1.54, 1.807) is 0 Å². The predicted molar refractivity (Wildman–Crippen MR) is 104 cm³/mol. The molecular formula is C21H46O2. The molecule has 1 saturated carbocycles. The van der Waals surface area contributed by atoms with Gasteiger partial charge in [-0.3, -0.25) is 0 Å². The van der Waals surface area contributed by atoms with Crippen LogP contribution in [0.1, 0.15) is 101 Å². The summed E-state index contributed by atoms with van der Waals surface area (Å²) in [4.78, 5) is 0. The summed E-state index contributed by atoms with van der Waals surface area (Å²) in [6.45, 7) is 21.5. The highest BCUT2D eigenvalue weighted by Crippen LogP contribution is 2.54. The van der Waals surface area contributed by atoms with Crippen LogP contribution in [0.4, 0.5) is 0 Å². The number of hydrogen-bond donors (Lipinski definition) is 2. The summed E-state index contributed by atoms with van der Waals surface area (Å²) in [6, 6.07) is 0. The van der Waals surface area contributed by atoms with E-state index in [0.717, 1.165) is 25.7 Å². The molecule has 2 N–H and O–H groups in total. The molecule has 0 amide bonds. The lowest BCUT2D eigenvalue weighted by Gasteiger charge is -2.39. The van der Waals surface area contributed by atoms with E-state index in [-0.39, 0.29) is 17.6 Å². The molecule has 1 rings (SSSR count). The molecule has 0 aromatic rings. The van der Waals surface area contributed by atoms with Gasteiger partial charge in [0.1, 0.15) is 0 Å². The van der Waals surface area contributed by atoms with Gasteiger partial charge in [0.25, 0.3) is 0 Å². The topological polar surface area (TPSA) is 40.5 Å². The van der Waals surface area contributed by atoms with Crippen LogP contribution >= 0.6 is 0 Å². The third-order valence-electron chi connectivity index (χ3n) is 5.55. The lowest BCUT2D eigenvalue weighted by molar-refractivity contribution is 0.00207. The van der Waals surface area contributed by atoms with Gasteiger partial charge >= 0.3 is 0 Å². The van der Waals surface area contributed by atoms with E-state index in [4.69, 9.17) is 0 Å². The summed E-state index contributed by atoms with van der Waals surface area (Å²) in [6.07, 6.45) is 4.95. The lowest BCUT2D eigenvalue weighted by atomic mass is 9.67. The van der Waals surface area contributed by atoms with Crippen molar-refractivity contribution in [1.29, 1.82) is 0 Å². The van der Waals surface area contributed by atoms with Crippen LogP contribution in [0.25, 0.3) is 0 Å². The summed E-state index contributed by atoms with van der Waals surface area (Å²) in [5.41, 5.74) is 0.466. The Bertz CT molecular complexity index is 274. The minimum absolute atomic E-state index is 0.0810. The van der Waals surface area contributed by atoms with Gasteiger partial charge in [-0.1, -0.05) is 69.2 Å². The average Bonchev–Trinajstić information content (AvgIpc) is 2.64. The monoisotopic (exact) mass is 330 g/mol. The molecule has 1 aliphatic carbocycles. The maximum absolute atomic E-state index is 9.78. The zero-order valence-corrected chi connectivity index (χ0v) is 17.7. The van der Waals surface area contributed by atoms with Gasteiger partial charge in [0.2, 0.25) is 0 Å². The Morgan fingerprint density at radius 3 is 1.52 bits per heavy atom. The number of aliphatic hydroxyl groups is 2. The molecule has 0 saturated heterocycles. The fraction of sp³-hybridized carbons (Fsp3) is 1.00. The van der Waals surface area contributed by atoms with Crippen LogP contribution in [0.3, 0.4) is 0 Å².